The monoisotopic (exact) mass is 917 g/mol. The van der Waals surface area contributed by atoms with Crippen molar-refractivity contribution in [3.05, 3.63) is 117 Å². The number of nitrogens with zero attached hydrogens (tertiary/aromatic N) is 4. The molecular weight excluding hydrogens is 868 g/mol. The van der Waals surface area contributed by atoms with E-state index >= 15 is 0 Å². The fourth-order valence-corrected chi connectivity index (χ4v) is 9.97. The molecule has 0 spiro atoms. The van der Waals surface area contributed by atoms with Gasteiger partial charge in [-0.3, -0.25) is 28.6 Å². The number of hydrogen-bond donors (Lipinski definition) is 3. The Hall–Kier alpha value is -5.62. The van der Waals surface area contributed by atoms with Crippen LogP contribution in [-0.4, -0.2) is 98.9 Å². The fourth-order valence-electron chi connectivity index (χ4n) is 8.86. The van der Waals surface area contributed by atoms with E-state index in [4.69, 9.17) is 21.1 Å². The Morgan fingerprint density at radius 3 is 2.47 bits per heavy atom. The number of aromatic nitrogens is 2. The number of fused-ring (bicyclic) bond motifs is 1. The summed E-state index contributed by atoms with van der Waals surface area (Å²) >= 11 is 6.23. The first-order valence-electron chi connectivity index (χ1n) is 21.2. The van der Waals surface area contributed by atoms with E-state index in [-0.39, 0.29) is 35.4 Å². The second kappa shape index (κ2) is 18.5. The number of nitro groups is 1. The molecule has 3 aliphatic rings. The van der Waals surface area contributed by atoms with Crippen LogP contribution >= 0.6 is 11.6 Å². The molecule has 2 aromatic heterocycles. The quantitative estimate of drug-likeness (QED) is 0.0680. The van der Waals surface area contributed by atoms with Crippen LogP contribution in [0.5, 0.6) is 17.2 Å². The predicted molar refractivity (Wildman–Crippen MR) is 241 cm³/mol. The van der Waals surface area contributed by atoms with Gasteiger partial charge in [0, 0.05) is 80.1 Å². The van der Waals surface area contributed by atoms with Crippen LogP contribution in [-0.2, 0) is 10.0 Å². The molecule has 0 bridgehead atoms. The molecule has 5 aromatic rings. The number of carbonyl (C=O) groups is 1. The summed E-state index contributed by atoms with van der Waals surface area (Å²) in [5, 5.41) is 16.7. The van der Waals surface area contributed by atoms with E-state index < -0.39 is 56.3 Å². The summed E-state index contributed by atoms with van der Waals surface area (Å²) in [6, 6.07) is 19.4. The summed E-state index contributed by atoms with van der Waals surface area (Å²) in [6.45, 7) is 6.71. The number of nitro benzene ring substituents is 1. The van der Waals surface area contributed by atoms with Gasteiger partial charge in [-0.15, -0.1) is 0 Å². The Balaban J connectivity index is 1.02. The molecule has 18 heteroatoms. The van der Waals surface area contributed by atoms with Crippen LogP contribution in [0.4, 0.5) is 20.2 Å². The largest absolute Gasteiger partial charge is 0.478 e. The predicted octanol–water partition coefficient (Wildman–Crippen LogP) is 8.49. The number of allylic oxidation sites excluding steroid dienone is 1. The molecule has 64 heavy (non-hydrogen) atoms. The number of anilines is 1. The molecule has 0 saturated carbocycles. The first-order chi connectivity index (χ1) is 30.7. The van der Waals surface area contributed by atoms with Crippen molar-refractivity contribution in [1.29, 1.82) is 0 Å². The summed E-state index contributed by atoms with van der Waals surface area (Å²) < 4.78 is 69.5. The van der Waals surface area contributed by atoms with Crippen LogP contribution in [0.1, 0.15) is 55.5 Å². The molecule has 3 N–H and O–H groups in total. The van der Waals surface area contributed by atoms with Crippen molar-refractivity contribution in [1.82, 2.24) is 24.9 Å². The lowest BCUT2D eigenvalue weighted by Gasteiger charge is -2.39. The molecule has 4 heterocycles. The summed E-state index contributed by atoms with van der Waals surface area (Å²) in [7, 11) is -4.73. The third-order valence-corrected chi connectivity index (χ3v) is 14.2. The molecule has 338 valence electrons. The number of amides is 1. The molecule has 2 fully saturated rings. The van der Waals surface area contributed by atoms with Gasteiger partial charge in [0.1, 0.15) is 22.7 Å². The fraction of sp³-hybridized carbons (Fsp3) is 0.391. The van der Waals surface area contributed by atoms with Crippen molar-refractivity contribution in [2.75, 3.05) is 64.1 Å². The van der Waals surface area contributed by atoms with E-state index in [1.165, 1.54) is 29.0 Å². The van der Waals surface area contributed by atoms with Gasteiger partial charge in [-0.25, -0.2) is 18.1 Å². The maximum atomic E-state index is 14.0. The van der Waals surface area contributed by atoms with Crippen LogP contribution in [0.2, 0.25) is 5.02 Å². The topological polar surface area (TPSA) is 172 Å². The van der Waals surface area contributed by atoms with Gasteiger partial charge in [0.15, 0.2) is 5.75 Å². The van der Waals surface area contributed by atoms with E-state index in [1.807, 2.05) is 22.9 Å². The molecule has 1 atom stereocenters. The van der Waals surface area contributed by atoms with Crippen molar-refractivity contribution in [2.24, 2.45) is 11.3 Å². The number of piperazine rings is 1. The van der Waals surface area contributed by atoms with Crippen LogP contribution in [0.25, 0.3) is 16.6 Å². The van der Waals surface area contributed by atoms with Gasteiger partial charge in [-0.2, -0.15) is 0 Å². The van der Waals surface area contributed by atoms with Gasteiger partial charge in [0.25, 0.3) is 15.9 Å². The SMILES string of the molecule is CC1(C)CCC(CN2CCN(c3ccc(C(=O)NS(=O)(=O)c4ccc(O[C@@]5(C(CF)CF)CCNC5)c([N+](=O)[O-])c4)c(Oc4cnc5[nH]ccc5c4)c3)CC2)=C(c2ccc(Cl)cc2)C1. The molecule has 1 amide bonds. The minimum absolute atomic E-state index is 0.0387. The zero-order valence-corrected chi connectivity index (χ0v) is 37.1. The highest BCUT2D eigenvalue weighted by molar-refractivity contribution is 7.90. The number of aromatic amines is 1. The smallest absolute Gasteiger partial charge is 0.312 e. The van der Waals surface area contributed by atoms with Crippen LogP contribution < -0.4 is 24.4 Å². The summed E-state index contributed by atoms with van der Waals surface area (Å²) in [4.78, 5) is 36.8. The highest BCUT2D eigenvalue weighted by Crippen LogP contribution is 2.44. The highest BCUT2D eigenvalue weighted by atomic mass is 35.5. The lowest BCUT2D eigenvalue weighted by atomic mass is 9.72. The number of pyridine rings is 1. The number of sulfonamides is 1. The van der Waals surface area contributed by atoms with Crippen molar-refractivity contribution >= 4 is 55.5 Å². The lowest BCUT2D eigenvalue weighted by molar-refractivity contribution is -0.386. The minimum atomic E-state index is -4.73. The van der Waals surface area contributed by atoms with Crippen LogP contribution in [0, 0.1) is 21.4 Å². The average Bonchev–Trinajstić information content (AvgIpc) is 3.95. The Bertz CT molecular complexity index is 2680. The Labute approximate surface area is 375 Å². The number of ether oxygens (including phenoxy) is 2. The highest BCUT2D eigenvalue weighted by Gasteiger charge is 2.45. The van der Waals surface area contributed by atoms with Crippen LogP contribution in [0.3, 0.4) is 0 Å². The van der Waals surface area contributed by atoms with Gasteiger partial charge in [-0.1, -0.05) is 43.2 Å². The van der Waals surface area contributed by atoms with E-state index in [1.54, 1.807) is 24.4 Å². The van der Waals surface area contributed by atoms with Gasteiger partial charge >= 0.3 is 5.69 Å². The van der Waals surface area contributed by atoms with Crippen molar-refractivity contribution in [3.63, 3.8) is 0 Å². The summed E-state index contributed by atoms with van der Waals surface area (Å²) in [5.41, 5.74) is 3.34. The molecule has 2 aliphatic heterocycles. The number of rotatable bonds is 15. The molecule has 3 aromatic carbocycles. The van der Waals surface area contributed by atoms with Crippen molar-refractivity contribution in [3.8, 4) is 17.2 Å². The second-order valence-electron chi connectivity index (χ2n) is 17.5. The number of carbonyl (C=O) groups excluding carboxylic acids is 1. The normalized spacial score (nSPS) is 19.3. The number of H-pyrrole nitrogens is 1. The Kier molecular flexibility index (Phi) is 13.0. The van der Waals surface area contributed by atoms with Gasteiger partial charge in [0.2, 0.25) is 0 Å². The molecular formula is C46H50ClF2N7O7S. The number of benzene rings is 3. The molecule has 2 saturated heterocycles. The summed E-state index contributed by atoms with van der Waals surface area (Å²) in [5.74, 6) is -2.24. The van der Waals surface area contributed by atoms with Crippen LogP contribution in [0.15, 0.2) is 95.7 Å². The molecule has 8 rings (SSSR count). The first kappa shape index (κ1) is 45.0. The number of nitrogens with one attached hydrogen (secondary N) is 3. The maximum absolute atomic E-state index is 14.0. The number of alkyl halides is 2. The zero-order chi connectivity index (χ0) is 45.2. The van der Waals surface area contributed by atoms with Gasteiger partial charge in [0.05, 0.1) is 40.8 Å². The molecule has 14 nitrogen and oxygen atoms in total. The number of halogens is 3. The lowest BCUT2D eigenvalue weighted by Crippen LogP contribution is -2.48. The first-order valence-corrected chi connectivity index (χ1v) is 23.1. The maximum Gasteiger partial charge on any atom is 0.312 e. The zero-order valence-electron chi connectivity index (χ0n) is 35.5. The Morgan fingerprint density at radius 2 is 1.77 bits per heavy atom. The van der Waals surface area contributed by atoms with Gasteiger partial charge in [-0.05, 0) is 90.9 Å². The summed E-state index contributed by atoms with van der Waals surface area (Å²) in [6.07, 6.45) is 6.52. The minimum Gasteiger partial charge on any atom is -0.478 e. The van der Waals surface area contributed by atoms with Crippen molar-refractivity contribution in [2.45, 2.75) is 50.0 Å². The van der Waals surface area contributed by atoms with Crippen molar-refractivity contribution < 1.29 is 36.4 Å². The van der Waals surface area contributed by atoms with E-state index in [0.717, 1.165) is 68.2 Å². The third-order valence-electron chi connectivity index (χ3n) is 12.6. The molecule has 0 radical (unpaired) electrons. The van der Waals surface area contributed by atoms with E-state index in [0.29, 0.717) is 36.1 Å². The van der Waals surface area contributed by atoms with E-state index in [2.05, 4.69) is 51.1 Å². The molecule has 1 aliphatic carbocycles. The second-order valence-corrected chi connectivity index (χ2v) is 19.6. The third kappa shape index (κ3) is 9.72. The Morgan fingerprint density at radius 1 is 1.00 bits per heavy atom. The van der Waals surface area contributed by atoms with Gasteiger partial charge < -0.3 is 24.7 Å². The average molecular weight is 918 g/mol. The van der Waals surface area contributed by atoms with E-state index in [9.17, 15) is 32.1 Å². The standard InChI is InChI=1S/C46H50ClF2N7O7S/c1-45(2)13-11-32(39(24-45)30-3-5-34(47)6-4-30)28-54-17-19-55(20-18-54)35-7-9-38(42(22-35)62-36-21-31-12-15-51-43(31)52-27-36)44(57)53-64(60,61)37-8-10-41(40(23-37)56(58)59)63-46(14-16-50-29-46)33(25-48)26-49/h3-10,12,15,21-23,27,33,50H,11,13-14,16-20,24-26,28-29H2,1-2H3,(H,51,52)(H,53,57)/t46-/m0/s1. The number of hydrogen-bond acceptors (Lipinski definition) is 11. The molecule has 0 unspecified atom stereocenters.